The van der Waals surface area contributed by atoms with E-state index in [0.717, 1.165) is 25.3 Å². The molecule has 1 aliphatic heterocycles. The number of hydrogen-bond donors (Lipinski definition) is 1. The number of rotatable bonds is 5. The molecule has 1 saturated heterocycles. The van der Waals surface area contributed by atoms with Gasteiger partial charge in [-0.3, -0.25) is 4.79 Å². The number of carbonyl (C=O) groups excluding carboxylic acids is 1. The van der Waals surface area contributed by atoms with Crippen molar-refractivity contribution >= 4 is 5.91 Å². The Labute approximate surface area is 106 Å². The Bertz CT molecular complexity index is 416. The fourth-order valence-corrected chi connectivity index (χ4v) is 2.17. The van der Waals surface area contributed by atoms with Crippen molar-refractivity contribution < 1.29 is 9.21 Å². The van der Waals surface area contributed by atoms with Crippen molar-refractivity contribution in [1.82, 2.24) is 10.2 Å². The molecule has 5 nitrogen and oxygen atoms in total. The third-order valence-corrected chi connectivity index (χ3v) is 3.14. The molecule has 1 N–H and O–H groups in total. The molecule has 2 rings (SSSR count). The van der Waals surface area contributed by atoms with E-state index in [0.29, 0.717) is 19.5 Å². The van der Waals surface area contributed by atoms with Gasteiger partial charge in [-0.1, -0.05) is 0 Å². The molecule has 0 bridgehead atoms. The molecule has 1 fully saturated rings. The minimum atomic E-state index is 0.0404. The van der Waals surface area contributed by atoms with Crippen molar-refractivity contribution in [3.05, 3.63) is 24.2 Å². The van der Waals surface area contributed by atoms with Gasteiger partial charge in [0.15, 0.2) is 0 Å². The van der Waals surface area contributed by atoms with Crippen LogP contribution in [0.5, 0.6) is 0 Å². The summed E-state index contributed by atoms with van der Waals surface area (Å²) < 4.78 is 5.26. The molecule has 0 radical (unpaired) electrons. The van der Waals surface area contributed by atoms with Crippen LogP contribution >= 0.6 is 0 Å². The number of furan rings is 1. The zero-order valence-corrected chi connectivity index (χ0v) is 10.3. The van der Waals surface area contributed by atoms with Gasteiger partial charge in [0, 0.05) is 13.1 Å². The van der Waals surface area contributed by atoms with Gasteiger partial charge in [-0.05, 0) is 25.1 Å². The zero-order valence-electron chi connectivity index (χ0n) is 10.3. The fourth-order valence-electron chi connectivity index (χ4n) is 2.17. The summed E-state index contributed by atoms with van der Waals surface area (Å²) in [6.45, 7) is 2.54. The highest BCUT2D eigenvalue weighted by atomic mass is 16.3. The lowest BCUT2D eigenvalue weighted by molar-refractivity contribution is -0.135. The number of amides is 1. The molecule has 1 aromatic rings. The van der Waals surface area contributed by atoms with Crippen LogP contribution in [-0.2, 0) is 11.3 Å². The van der Waals surface area contributed by atoms with Crippen molar-refractivity contribution in [3.8, 4) is 6.07 Å². The Morgan fingerprint density at radius 1 is 1.67 bits per heavy atom. The summed E-state index contributed by atoms with van der Waals surface area (Å²) in [5.41, 5.74) is 0. The van der Waals surface area contributed by atoms with E-state index in [-0.39, 0.29) is 11.8 Å². The molecule has 0 spiro atoms. The van der Waals surface area contributed by atoms with Gasteiger partial charge in [0.05, 0.1) is 31.2 Å². The van der Waals surface area contributed by atoms with Crippen LogP contribution in [0.3, 0.4) is 0 Å². The lowest BCUT2D eigenvalue weighted by Gasteiger charge is -2.23. The molecule has 1 unspecified atom stereocenters. The van der Waals surface area contributed by atoms with Crippen molar-refractivity contribution in [3.63, 3.8) is 0 Å². The first-order valence-corrected chi connectivity index (χ1v) is 6.20. The summed E-state index contributed by atoms with van der Waals surface area (Å²) in [4.78, 5) is 14.0. The third-order valence-electron chi connectivity index (χ3n) is 3.14. The van der Waals surface area contributed by atoms with Gasteiger partial charge in [0.25, 0.3) is 0 Å². The maximum absolute atomic E-state index is 12.3. The highest BCUT2D eigenvalue weighted by Crippen LogP contribution is 2.15. The summed E-state index contributed by atoms with van der Waals surface area (Å²) in [5.74, 6) is 0.914. The molecule has 0 aliphatic carbocycles. The smallest absolute Gasteiger partial charge is 0.227 e. The third kappa shape index (κ3) is 3.11. The Morgan fingerprint density at radius 2 is 2.56 bits per heavy atom. The highest BCUT2D eigenvalue weighted by Gasteiger charge is 2.27. The van der Waals surface area contributed by atoms with Crippen LogP contribution in [0.1, 0.15) is 18.6 Å². The monoisotopic (exact) mass is 247 g/mol. The minimum Gasteiger partial charge on any atom is -0.467 e. The quantitative estimate of drug-likeness (QED) is 0.846. The van der Waals surface area contributed by atoms with Gasteiger partial charge >= 0.3 is 0 Å². The second kappa shape index (κ2) is 6.22. The van der Waals surface area contributed by atoms with E-state index >= 15 is 0 Å². The Morgan fingerprint density at radius 3 is 3.17 bits per heavy atom. The van der Waals surface area contributed by atoms with E-state index in [2.05, 4.69) is 11.4 Å². The SMILES string of the molecule is N#CCCN(Cc1ccco1)C(=O)C1CCNC1. The number of carbonyl (C=O) groups is 1. The van der Waals surface area contributed by atoms with E-state index in [1.807, 2.05) is 6.07 Å². The van der Waals surface area contributed by atoms with Crippen LogP contribution in [-0.4, -0.2) is 30.4 Å². The molecule has 96 valence electrons. The van der Waals surface area contributed by atoms with Gasteiger partial charge in [0.1, 0.15) is 5.76 Å². The fraction of sp³-hybridized carbons (Fsp3) is 0.538. The van der Waals surface area contributed by atoms with E-state index < -0.39 is 0 Å². The van der Waals surface area contributed by atoms with Gasteiger partial charge in [0.2, 0.25) is 5.91 Å². The molecule has 1 amide bonds. The molecular formula is C13H17N3O2. The molecule has 1 aliphatic rings. The predicted octanol–water partition coefficient (Wildman–Crippen LogP) is 1.13. The first-order chi connectivity index (χ1) is 8.81. The molecule has 1 atom stereocenters. The van der Waals surface area contributed by atoms with Crippen molar-refractivity contribution in [1.29, 1.82) is 5.26 Å². The highest BCUT2D eigenvalue weighted by molar-refractivity contribution is 5.79. The Hall–Kier alpha value is -1.80. The lowest BCUT2D eigenvalue weighted by Crippen LogP contribution is -2.37. The van der Waals surface area contributed by atoms with Gasteiger partial charge < -0.3 is 14.6 Å². The molecule has 0 aromatic carbocycles. The summed E-state index contributed by atoms with van der Waals surface area (Å²) in [6.07, 6.45) is 2.83. The van der Waals surface area contributed by atoms with Crippen molar-refractivity contribution in [2.45, 2.75) is 19.4 Å². The first kappa shape index (κ1) is 12.7. The molecular weight excluding hydrogens is 230 g/mol. The van der Waals surface area contributed by atoms with Crippen LogP contribution in [0, 0.1) is 17.2 Å². The van der Waals surface area contributed by atoms with Crippen LogP contribution < -0.4 is 5.32 Å². The number of nitrogens with one attached hydrogen (secondary N) is 1. The van der Waals surface area contributed by atoms with Crippen LogP contribution in [0.25, 0.3) is 0 Å². The number of nitrogens with zero attached hydrogens (tertiary/aromatic N) is 2. The normalized spacial score (nSPS) is 18.5. The second-order valence-electron chi connectivity index (χ2n) is 4.44. The summed E-state index contributed by atoms with van der Waals surface area (Å²) in [6, 6.07) is 5.73. The standard InChI is InChI=1S/C13H17N3O2/c14-5-2-7-16(10-12-3-1-8-18-12)13(17)11-4-6-15-9-11/h1,3,8,11,15H,2,4,6-7,9-10H2. The van der Waals surface area contributed by atoms with Gasteiger partial charge in [-0.15, -0.1) is 0 Å². The maximum Gasteiger partial charge on any atom is 0.227 e. The number of nitriles is 1. The maximum atomic E-state index is 12.3. The largest absolute Gasteiger partial charge is 0.467 e. The minimum absolute atomic E-state index is 0.0404. The molecule has 2 heterocycles. The average Bonchev–Trinajstić information content (AvgIpc) is 3.06. The predicted molar refractivity (Wildman–Crippen MR) is 65.3 cm³/mol. The van der Waals surface area contributed by atoms with Gasteiger partial charge in [-0.25, -0.2) is 0 Å². The Kier molecular flexibility index (Phi) is 4.37. The number of hydrogen-bond acceptors (Lipinski definition) is 4. The van der Waals surface area contributed by atoms with Gasteiger partial charge in [-0.2, -0.15) is 5.26 Å². The molecule has 5 heteroatoms. The molecule has 1 aromatic heterocycles. The topological polar surface area (TPSA) is 69.3 Å². The van der Waals surface area contributed by atoms with E-state index in [9.17, 15) is 4.79 Å². The first-order valence-electron chi connectivity index (χ1n) is 6.20. The Balaban J connectivity index is 1.99. The van der Waals surface area contributed by atoms with Crippen LogP contribution in [0.4, 0.5) is 0 Å². The summed E-state index contributed by atoms with van der Waals surface area (Å²) >= 11 is 0. The van der Waals surface area contributed by atoms with E-state index in [1.54, 1.807) is 17.2 Å². The van der Waals surface area contributed by atoms with Crippen molar-refractivity contribution in [2.24, 2.45) is 5.92 Å². The average molecular weight is 247 g/mol. The summed E-state index contributed by atoms with van der Waals surface area (Å²) in [5, 5.41) is 11.9. The van der Waals surface area contributed by atoms with E-state index in [4.69, 9.17) is 9.68 Å². The lowest BCUT2D eigenvalue weighted by atomic mass is 10.1. The van der Waals surface area contributed by atoms with Crippen LogP contribution in [0.15, 0.2) is 22.8 Å². The molecule has 0 saturated carbocycles. The summed E-state index contributed by atoms with van der Waals surface area (Å²) in [7, 11) is 0. The van der Waals surface area contributed by atoms with Crippen LogP contribution in [0.2, 0.25) is 0 Å². The van der Waals surface area contributed by atoms with E-state index in [1.165, 1.54) is 0 Å². The molecule has 18 heavy (non-hydrogen) atoms. The zero-order chi connectivity index (χ0) is 12.8. The second-order valence-corrected chi connectivity index (χ2v) is 4.44. The van der Waals surface area contributed by atoms with Crippen molar-refractivity contribution in [2.75, 3.05) is 19.6 Å².